The van der Waals surface area contributed by atoms with E-state index in [2.05, 4.69) is 4.72 Å². The number of carbonyl (C=O) groups is 3. The summed E-state index contributed by atoms with van der Waals surface area (Å²) < 4.78 is 41.0. The van der Waals surface area contributed by atoms with Crippen LogP contribution in [0.2, 0.25) is 0 Å². The van der Waals surface area contributed by atoms with Gasteiger partial charge in [0.1, 0.15) is 11.9 Å². The summed E-state index contributed by atoms with van der Waals surface area (Å²) >= 11 is 0. The third-order valence-electron chi connectivity index (χ3n) is 8.41. The number of esters is 1. The fourth-order valence-electron chi connectivity index (χ4n) is 5.75. The van der Waals surface area contributed by atoms with E-state index in [0.29, 0.717) is 63.6 Å². The van der Waals surface area contributed by atoms with Gasteiger partial charge >= 0.3 is 11.9 Å². The molecule has 2 aromatic rings. The van der Waals surface area contributed by atoms with Gasteiger partial charge in [-0.15, -0.1) is 10.8 Å². The Hall–Kier alpha value is -3.55. The molecule has 5 N–H and O–H groups in total. The van der Waals surface area contributed by atoms with Gasteiger partial charge in [0.25, 0.3) is 0 Å². The number of amides is 1. The van der Waals surface area contributed by atoms with Gasteiger partial charge in [-0.1, -0.05) is 67.1 Å². The van der Waals surface area contributed by atoms with E-state index in [1.54, 1.807) is 17.0 Å². The molecule has 12 heteroatoms. The lowest BCUT2D eigenvalue weighted by molar-refractivity contribution is -0.147. The Labute approximate surface area is 291 Å². The van der Waals surface area contributed by atoms with Crippen molar-refractivity contribution in [3.63, 3.8) is 0 Å². The SMILES string of the molecule is C/C=C(\C=C/CN(C=O)[C@H](c1ccc(CCCC(CO)C(=O)O)cc1)[C@H](C)CC[C@H](OC(C)=O)c1ccc(F)cc1)CCCNS(C)(O)O. The Balaban J connectivity index is 2.26. The Kier molecular flexibility index (Phi) is 18.3. The number of rotatable bonds is 23. The van der Waals surface area contributed by atoms with Gasteiger partial charge in [-0.3, -0.25) is 23.5 Å². The molecule has 4 atom stereocenters. The van der Waals surface area contributed by atoms with Crippen molar-refractivity contribution in [1.29, 1.82) is 0 Å². The number of carbonyl (C=O) groups excluding carboxylic acids is 2. The lowest BCUT2D eigenvalue weighted by atomic mass is 9.87. The van der Waals surface area contributed by atoms with E-state index in [1.807, 2.05) is 56.3 Å². The number of allylic oxidation sites excluding steroid dienone is 3. The van der Waals surface area contributed by atoms with Crippen molar-refractivity contribution >= 4 is 29.1 Å². The number of aliphatic carboxylic acids is 1. The second-order valence-electron chi connectivity index (χ2n) is 12.4. The first kappa shape index (κ1) is 41.6. The van der Waals surface area contributed by atoms with Gasteiger partial charge in [0.2, 0.25) is 6.41 Å². The van der Waals surface area contributed by atoms with Gasteiger partial charge in [0.15, 0.2) is 0 Å². The van der Waals surface area contributed by atoms with Crippen LogP contribution in [0, 0.1) is 17.7 Å². The molecule has 0 radical (unpaired) electrons. The van der Waals surface area contributed by atoms with Crippen LogP contribution in [0.1, 0.15) is 88.1 Å². The van der Waals surface area contributed by atoms with Crippen molar-refractivity contribution in [3.8, 4) is 0 Å². The molecule has 0 spiro atoms. The molecule has 0 aliphatic carbocycles. The van der Waals surface area contributed by atoms with E-state index >= 15 is 0 Å². The molecule has 0 bridgehead atoms. The summed E-state index contributed by atoms with van der Waals surface area (Å²) in [6.45, 7) is 5.68. The number of ether oxygens (including phenoxy) is 1. The minimum absolute atomic E-state index is 0.0788. The van der Waals surface area contributed by atoms with Crippen molar-refractivity contribution < 1.29 is 42.8 Å². The zero-order valence-electron chi connectivity index (χ0n) is 29.0. The maximum Gasteiger partial charge on any atom is 0.308 e. The van der Waals surface area contributed by atoms with Crippen molar-refractivity contribution in [1.82, 2.24) is 9.62 Å². The van der Waals surface area contributed by atoms with Gasteiger partial charge in [0.05, 0.1) is 18.6 Å². The number of aryl methyl sites for hydroxylation is 1. The highest BCUT2D eigenvalue weighted by molar-refractivity contribution is 8.22. The van der Waals surface area contributed by atoms with Gasteiger partial charge in [-0.05, 0) is 86.6 Å². The van der Waals surface area contributed by atoms with E-state index in [1.165, 1.54) is 25.3 Å². The third kappa shape index (κ3) is 15.7. The highest BCUT2D eigenvalue weighted by atomic mass is 32.3. The molecule has 1 amide bonds. The molecule has 0 saturated carbocycles. The molecule has 0 aromatic heterocycles. The highest BCUT2D eigenvalue weighted by Gasteiger charge is 2.27. The van der Waals surface area contributed by atoms with E-state index in [4.69, 9.17) is 4.74 Å². The number of aliphatic hydroxyl groups excluding tert-OH is 1. The summed E-state index contributed by atoms with van der Waals surface area (Å²) in [5, 5.41) is 18.5. The maximum atomic E-state index is 13.6. The first-order chi connectivity index (χ1) is 23.3. The van der Waals surface area contributed by atoms with E-state index in [9.17, 15) is 38.1 Å². The molecule has 1 unspecified atom stereocenters. The number of nitrogens with zero attached hydrogens (tertiary/aromatic N) is 1. The largest absolute Gasteiger partial charge is 0.481 e. The van der Waals surface area contributed by atoms with Crippen LogP contribution >= 0.6 is 10.8 Å². The van der Waals surface area contributed by atoms with E-state index < -0.39 is 41.3 Å². The average molecular weight is 705 g/mol. The summed E-state index contributed by atoms with van der Waals surface area (Å²) in [4.78, 5) is 37.5. The lowest BCUT2D eigenvalue weighted by Crippen LogP contribution is -2.32. The van der Waals surface area contributed by atoms with Gasteiger partial charge in [-0.2, -0.15) is 0 Å². The van der Waals surface area contributed by atoms with Crippen molar-refractivity contribution in [2.75, 3.05) is 26.0 Å². The van der Waals surface area contributed by atoms with Crippen LogP contribution in [-0.2, 0) is 25.5 Å². The molecule has 272 valence electrons. The number of benzene rings is 2. The van der Waals surface area contributed by atoms with Crippen molar-refractivity contribution in [2.45, 2.75) is 77.9 Å². The molecular formula is C37H53FN2O8S. The molecule has 0 aliphatic rings. The van der Waals surface area contributed by atoms with Crippen LogP contribution in [0.3, 0.4) is 0 Å². The van der Waals surface area contributed by atoms with Crippen LogP contribution in [0.4, 0.5) is 4.39 Å². The summed E-state index contributed by atoms with van der Waals surface area (Å²) in [6, 6.07) is 13.4. The predicted octanol–water partition coefficient (Wildman–Crippen LogP) is 7.23. The number of hydrogen-bond acceptors (Lipinski definition) is 8. The standard InChI is InChI=1S/C37H53FN2O8S/c1-5-29(10-7-23-39-49(4,46)47)11-8-24-40(26-42)36(32-16-14-30(15-17-32)9-6-12-33(25-41)37(44)45)27(2)13-22-35(48-28(3)43)31-18-20-34(38)21-19-31/h5,8,11,14-21,26-27,33,35-36,39,41,46-47H,6-7,9-10,12-13,22-25H2,1-4H3,(H,44,45)/b11-8-,29-5-/t27-,33?,35+,36+/m1/s1. The smallest absolute Gasteiger partial charge is 0.308 e. The molecule has 2 aromatic carbocycles. The van der Waals surface area contributed by atoms with Crippen LogP contribution in [-0.4, -0.2) is 68.5 Å². The zero-order chi connectivity index (χ0) is 36.4. The fraction of sp³-hybridized carbons (Fsp3) is 0.486. The number of carboxylic acid groups (broad SMARTS) is 1. The van der Waals surface area contributed by atoms with Crippen LogP contribution in [0.5, 0.6) is 0 Å². The van der Waals surface area contributed by atoms with Crippen molar-refractivity contribution in [3.05, 3.63) is 94.8 Å². The minimum Gasteiger partial charge on any atom is -0.481 e. The zero-order valence-corrected chi connectivity index (χ0v) is 29.8. The summed E-state index contributed by atoms with van der Waals surface area (Å²) in [5.74, 6) is -2.71. The second-order valence-corrected chi connectivity index (χ2v) is 14.4. The summed E-state index contributed by atoms with van der Waals surface area (Å²) in [7, 11) is -2.76. The number of nitrogens with one attached hydrogen (secondary N) is 1. The average Bonchev–Trinajstić information content (AvgIpc) is 3.05. The second kappa shape index (κ2) is 21.5. The Bertz CT molecular complexity index is 1360. The van der Waals surface area contributed by atoms with Crippen LogP contribution in [0.25, 0.3) is 0 Å². The first-order valence-corrected chi connectivity index (χ1v) is 18.6. The van der Waals surface area contributed by atoms with Crippen LogP contribution < -0.4 is 4.72 Å². The predicted molar refractivity (Wildman–Crippen MR) is 191 cm³/mol. The normalized spacial score (nSPS) is 15.0. The third-order valence-corrected chi connectivity index (χ3v) is 9.16. The van der Waals surface area contributed by atoms with Crippen molar-refractivity contribution in [2.24, 2.45) is 11.8 Å². The van der Waals surface area contributed by atoms with Gasteiger partial charge in [-0.25, -0.2) is 9.11 Å². The molecule has 0 saturated heterocycles. The molecule has 10 nitrogen and oxygen atoms in total. The molecular weight excluding hydrogens is 651 g/mol. The Morgan fingerprint density at radius 1 is 1.02 bits per heavy atom. The minimum atomic E-state index is -2.76. The summed E-state index contributed by atoms with van der Waals surface area (Å²) in [6.07, 6.45) is 11.5. The highest BCUT2D eigenvalue weighted by Crippen LogP contribution is 2.35. The number of hydrogen-bond donors (Lipinski definition) is 5. The molecule has 0 fully saturated rings. The molecule has 0 aliphatic heterocycles. The lowest BCUT2D eigenvalue weighted by Gasteiger charge is -2.34. The van der Waals surface area contributed by atoms with Gasteiger partial charge in [0, 0.05) is 26.3 Å². The molecule has 0 heterocycles. The van der Waals surface area contributed by atoms with Crippen LogP contribution in [0.15, 0.2) is 72.3 Å². The fourth-order valence-corrected chi connectivity index (χ4v) is 6.28. The quantitative estimate of drug-likeness (QED) is 0.0349. The topological polar surface area (TPSA) is 157 Å². The van der Waals surface area contributed by atoms with E-state index in [0.717, 1.165) is 23.1 Å². The Morgan fingerprint density at radius 3 is 2.22 bits per heavy atom. The monoisotopic (exact) mass is 704 g/mol. The maximum absolute atomic E-state index is 13.6. The van der Waals surface area contributed by atoms with Gasteiger partial charge < -0.3 is 19.8 Å². The summed E-state index contributed by atoms with van der Waals surface area (Å²) in [5.41, 5.74) is 3.66. The number of carboxylic acids is 1. The number of halogens is 1. The Morgan fingerprint density at radius 2 is 1.67 bits per heavy atom. The molecule has 49 heavy (non-hydrogen) atoms. The van der Waals surface area contributed by atoms with E-state index in [-0.39, 0.29) is 17.8 Å². The molecule has 2 rings (SSSR count). The number of aliphatic hydroxyl groups is 1. The first-order valence-electron chi connectivity index (χ1n) is 16.6.